The number of nitrogens with zero attached hydrogens (tertiary/aromatic N) is 4. The number of aryl methyl sites for hydroxylation is 2. The lowest BCUT2D eigenvalue weighted by molar-refractivity contribution is 0.461. The number of nitrogens with one attached hydrogen (secondary N) is 2. The van der Waals surface area contributed by atoms with E-state index in [0.29, 0.717) is 0 Å². The van der Waals surface area contributed by atoms with Crippen molar-refractivity contribution in [2.45, 2.75) is 19.4 Å². The number of benzene rings is 1. The van der Waals surface area contributed by atoms with Crippen LogP contribution in [0, 0.1) is 0 Å². The van der Waals surface area contributed by atoms with Crippen LogP contribution in [0.2, 0.25) is 0 Å². The third-order valence-electron chi connectivity index (χ3n) is 4.36. The molecule has 2 aromatic heterocycles. The van der Waals surface area contributed by atoms with Crippen molar-refractivity contribution in [2.75, 3.05) is 20.6 Å². The summed E-state index contributed by atoms with van der Waals surface area (Å²) < 4.78 is 3.22. The van der Waals surface area contributed by atoms with Crippen molar-refractivity contribution in [2.24, 2.45) is 12.0 Å². The van der Waals surface area contributed by atoms with Gasteiger partial charge in [-0.2, -0.15) is 0 Å². The third-order valence-corrected chi connectivity index (χ3v) is 4.79. The average Bonchev–Trinajstić information content (AvgIpc) is 3.17. The smallest absolute Gasteiger partial charge is 0.193 e. The Hall–Kier alpha value is -1.55. The van der Waals surface area contributed by atoms with Crippen molar-refractivity contribution in [1.82, 2.24) is 24.8 Å². The molecule has 2 heterocycles. The predicted octanol–water partition coefficient (Wildman–Crippen LogP) is 3.92. The summed E-state index contributed by atoms with van der Waals surface area (Å²) in [4.78, 5) is 14.5. The number of aromatic amines is 1. The molecule has 2 N–H and O–H groups in total. The highest BCUT2D eigenvalue weighted by Gasteiger charge is 2.09. The van der Waals surface area contributed by atoms with E-state index in [1.807, 2.05) is 25.2 Å². The molecule has 0 fully saturated rings. The summed E-state index contributed by atoms with van der Waals surface area (Å²) >= 11 is 3.52. The fourth-order valence-electron chi connectivity index (χ4n) is 3.01. The minimum Gasteiger partial charge on any atom is -0.356 e. The van der Waals surface area contributed by atoms with E-state index < -0.39 is 0 Å². The summed E-state index contributed by atoms with van der Waals surface area (Å²) in [5.74, 6) is 1.93. The molecule has 0 saturated heterocycles. The molecule has 6 nitrogen and oxygen atoms in total. The summed E-state index contributed by atoms with van der Waals surface area (Å²) in [5.41, 5.74) is 3.35. The minimum atomic E-state index is 0. The first kappa shape index (κ1) is 21.7. The van der Waals surface area contributed by atoms with E-state index in [9.17, 15) is 0 Å². The molecule has 0 unspecified atom stereocenters. The maximum absolute atomic E-state index is 4.62. The van der Waals surface area contributed by atoms with Gasteiger partial charge in [0.15, 0.2) is 5.96 Å². The molecule has 0 radical (unpaired) electrons. The Kier molecular flexibility index (Phi) is 8.15. The zero-order valence-electron chi connectivity index (χ0n) is 15.9. The number of imidazole rings is 1. The van der Waals surface area contributed by atoms with Crippen molar-refractivity contribution < 1.29 is 0 Å². The van der Waals surface area contributed by atoms with Crippen molar-refractivity contribution in [1.29, 1.82) is 0 Å². The van der Waals surface area contributed by atoms with Gasteiger partial charge in [0.2, 0.25) is 0 Å². The van der Waals surface area contributed by atoms with E-state index in [2.05, 4.69) is 78.1 Å². The van der Waals surface area contributed by atoms with Gasteiger partial charge in [-0.1, -0.05) is 12.1 Å². The monoisotopic (exact) mass is 544 g/mol. The van der Waals surface area contributed by atoms with Crippen molar-refractivity contribution in [3.63, 3.8) is 0 Å². The van der Waals surface area contributed by atoms with Gasteiger partial charge in [0.05, 0.1) is 17.6 Å². The van der Waals surface area contributed by atoms with Crippen LogP contribution in [0.15, 0.2) is 46.0 Å². The van der Waals surface area contributed by atoms with Gasteiger partial charge >= 0.3 is 0 Å². The molecule has 0 saturated carbocycles. The maximum atomic E-state index is 4.62. The van der Waals surface area contributed by atoms with Crippen molar-refractivity contribution in [3.05, 3.63) is 52.5 Å². The molecular weight excluding hydrogens is 519 g/mol. The van der Waals surface area contributed by atoms with Gasteiger partial charge in [-0.15, -0.1) is 24.0 Å². The maximum Gasteiger partial charge on any atom is 0.193 e. The Morgan fingerprint density at radius 2 is 2.15 bits per heavy atom. The Labute approximate surface area is 185 Å². The number of H-pyrrole nitrogens is 1. The van der Waals surface area contributed by atoms with E-state index in [1.165, 1.54) is 5.69 Å². The van der Waals surface area contributed by atoms with Gasteiger partial charge in [0.1, 0.15) is 5.82 Å². The van der Waals surface area contributed by atoms with Crippen LogP contribution in [0.25, 0.3) is 11.0 Å². The summed E-state index contributed by atoms with van der Waals surface area (Å²) in [5, 5.41) is 3.43. The molecule has 0 aliphatic heterocycles. The van der Waals surface area contributed by atoms with Gasteiger partial charge in [0.25, 0.3) is 0 Å². The number of hydrogen-bond acceptors (Lipinski definition) is 2. The molecule has 8 heteroatoms. The standard InChI is InChI=1S/C19H25BrN6.HI/c1-21-19(26(3)13-15-11-14(20)12-25(15)2)22-10-6-9-18-23-16-7-4-5-8-17(16)24-18;/h4-5,7-8,11-12H,6,9-10,13H2,1-3H3,(H,21,22)(H,23,24);1H. The number of halogens is 2. The van der Waals surface area contributed by atoms with Gasteiger partial charge in [-0.25, -0.2) is 4.98 Å². The summed E-state index contributed by atoms with van der Waals surface area (Å²) in [6, 6.07) is 10.3. The van der Waals surface area contributed by atoms with Gasteiger partial charge in [-0.3, -0.25) is 4.99 Å². The number of aliphatic imine (C=N–C) groups is 1. The lowest BCUT2D eigenvalue weighted by Gasteiger charge is -2.22. The summed E-state index contributed by atoms with van der Waals surface area (Å²) in [6.07, 6.45) is 3.96. The normalized spacial score (nSPS) is 11.5. The molecule has 1 aromatic carbocycles. The molecule has 3 rings (SSSR count). The number of aromatic nitrogens is 3. The average molecular weight is 545 g/mol. The largest absolute Gasteiger partial charge is 0.356 e. The predicted molar refractivity (Wildman–Crippen MR) is 126 cm³/mol. The van der Waals surface area contributed by atoms with E-state index in [-0.39, 0.29) is 24.0 Å². The topological polar surface area (TPSA) is 61.2 Å². The molecule has 0 spiro atoms. The second kappa shape index (κ2) is 10.1. The zero-order valence-corrected chi connectivity index (χ0v) is 19.8. The minimum absolute atomic E-state index is 0. The Morgan fingerprint density at radius 3 is 2.81 bits per heavy atom. The molecule has 3 aromatic rings. The molecule has 146 valence electrons. The first-order chi connectivity index (χ1) is 12.6. The first-order valence-electron chi connectivity index (χ1n) is 8.73. The zero-order chi connectivity index (χ0) is 18.5. The van der Waals surface area contributed by atoms with Crippen LogP contribution in [-0.2, 0) is 20.0 Å². The number of hydrogen-bond donors (Lipinski definition) is 2. The molecular formula is C19H26BrIN6. The Morgan fingerprint density at radius 1 is 1.37 bits per heavy atom. The van der Waals surface area contributed by atoms with Crippen LogP contribution in [0.4, 0.5) is 0 Å². The molecule has 0 aliphatic rings. The highest BCUT2D eigenvalue weighted by atomic mass is 127. The second-order valence-corrected chi connectivity index (χ2v) is 7.31. The summed E-state index contributed by atoms with van der Waals surface area (Å²) in [6.45, 7) is 1.65. The molecule has 0 aliphatic carbocycles. The third kappa shape index (κ3) is 5.71. The van der Waals surface area contributed by atoms with E-state index in [4.69, 9.17) is 0 Å². The van der Waals surface area contributed by atoms with E-state index >= 15 is 0 Å². The van der Waals surface area contributed by atoms with Gasteiger partial charge in [0, 0.05) is 50.5 Å². The SMILES string of the molecule is CN=C(NCCCc1nc2ccccc2[nH]1)N(C)Cc1cc(Br)cn1C.I. The molecule has 0 bridgehead atoms. The van der Waals surface area contributed by atoms with Crippen molar-refractivity contribution >= 4 is 56.9 Å². The van der Waals surface area contributed by atoms with Crippen LogP contribution >= 0.6 is 39.9 Å². The second-order valence-electron chi connectivity index (χ2n) is 6.39. The summed E-state index contributed by atoms with van der Waals surface area (Å²) in [7, 11) is 5.92. The highest BCUT2D eigenvalue weighted by Crippen LogP contribution is 2.15. The Balaban J connectivity index is 0.00000261. The van der Waals surface area contributed by atoms with Gasteiger partial charge in [-0.05, 0) is 40.5 Å². The van der Waals surface area contributed by atoms with Crippen LogP contribution in [0.1, 0.15) is 17.9 Å². The molecule has 27 heavy (non-hydrogen) atoms. The van der Waals surface area contributed by atoms with Crippen LogP contribution in [0.3, 0.4) is 0 Å². The van der Waals surface area contributed by atoms with Crippen LogP contribution in [0.5, 0.6) is 0 Å². The molecule has 0 atom stereocenters. The fraction of sp³-hybridized carbons (Fsp3) is 0.368. The number of para-hydroxylation sites is 2. The van der Waals surface area contributed by atoms with Crippen LogP contribution in [-0.4, -0.2) is 46.0 Å². The number of guanidine groups is 1. The van der Waals surface area contributed by atoms with E-state index in [1.54, 1.807) is 0 Å². The lowest BCUT2D eigenvalue weighted by Crippen LogP contribution is -2.39. The Bertz CT molecular complexity index is 868. The van der Waals surface area contributed by atoms with Crippen molar-refractivity contribution in [3.8, 4) is 0 Å². The number of fused-ring (bicyclic) bond motifs is 1. The van der Waals surface area contributed by atoms with E-state index in [0.717, 1.165) is 53.2 Å². The molecule has 0 amide bonds. The van der Waals surface area contributed by atoms with Gasteiger partial charge < -0.3 is 19.8 Å². The first-order valence-corrected chi connectivity index (χ1v) is 9.52. The quantitative estimate of drug-likeness (QED) is 0.214. The van der Waals surface area contributed by atoms with Crippen LogP contribution < -0.4 is 5.32 Å². The lowest BCUT2D eigenvalue weighted by atomic mass is 10.3. The highest BCUT2D eigenvalue weighted by molar-refractivity contribution is 14.0. The fourth-order valence-corrected chi connectivity index (χ4v) is 3.58. The number of rotatable bonds is 6.